The number of hydrogen-bond acceptors (Lipinski definition) is 2. The van der Waals surface area contributed by atoms with Gasteiger partial charge in [-0.1, -0.05) is 37.3 Å². The van der Waals surface area contributed by atoms with E-state index in [0.717, 1.165) is 36.1 Å². The molecule has 2 nitrogen and oxygen atoms in total. The highest BCUT2D eigenvalue weighted by molar-refractivity contribution is 7.79. The molecule has 1 fully saturated rings. The van der Waals surface area contributed by atoms with Gasteiger partial charge in [-0.25, -0.2) is 0 Å². The molecular weight excluding hydrogens is 266 g/mol. The minimum atomic E-state index is 0.125. The third-order valence-electron chi connectivity index (χ3n) is 3.94. The van der Waals surface area contributed by atoms with E-state index >= 15 is 0 Å². The molecule has 1 heterocycles. The van der Waals surface area contributed by atoms with Gasteiger partial charge in [0.05, 0.1) is 5.69 Å². The molecule has 0 saturated heterocycles. The predicted octanol–water partition coefficient (Wildman–Crippen LogP) is 3.84. The molecule has 1 aromatic heterocycles. The maximum absolute atomic E-state index is 12.5. The second kappa shape index (κ2) is 5.49. The summed E-state index contributed by atoms with van der Waals surface area (Å²) in [6, 6.07) is 12.9. The third kappa shape index (κ3) is 2.42. The first-order chi connectivity index (χ1) is 9.74. The van der Waals surface area contributed by atoms with Crippen LogP contribution in [0.15, 0.2) is 41.2 Å². The smallest absolute Gasteiger partial charge is 0.255 e. The minimum absolute atomic E-state index is 0.125. The Labute approximate surface area is 124 Å². The Morgan fingerprint density at radius 1 is 1.15 bits per heavy atom. The SMILES string of the molecule is CCc1ccc(-c2ccc(CS)c(=O)n2C2CC2)cc1. The van der Waals surface area contributed by atoms with Gasteiger partial charge in [-0.2, -0.15) is 12.6 Å². The van der Waals surface area contributed by atoms with Crippen molar-refractivity contribution in [3.05, 3.63) is 57.9 Å². The summed E-state index contributed by atoms with van der Waals surface area (Å²) >= 11 is 4.25. The highest BCUT2D eigenvalue weighted by atomic mass is 32.1. The van der Waals surface area contributed by atoms with Gasteiger partial charge in [0.2, 0.25) is 0 Å². The van der Waals surface area contributed by atoms with Crippen LogP contribution in [0, 0.1) is 0 Å². The summed E-state index contributed by atoms with van der Waals surface area (Å²) in [6.07, 6.45) is 3.25. The lowest BCUT2D eigenvalue weighted by Gasteiger charge is -2.14. The predicted molar refractivity (Wildman–Crippen MR) is 86.5 cm³/mol. The van der Waals surface area contributed by atoms with Crippen LogP contribution in [-0.4, -0.2) is 4.57 Å². The first kappa shape index (κ1) is 13.5. The van der Waals surface area contributed by atoms with Gasteiger partial charge in [-0.15, -0.1) is 0 Å². The second-order valence-corrected chi connectivity index (χ2v) is 5.67. The largest absolute Gasteiger partial charge is 0.305 e. The molecule has 1 saturated carbocycles. The molecule has 3 rings (SSSR count). The van der Waals surface area contributed by atoms with Gasteiger partial charge >= 0.3 is 0 Å². The Balaban J connectivity index is 2.12. The summed E-state index contributed by atoms with van der Waals surface area (Å²) in [4.78, 5) is 12.5. The van der Waals surface area contributed by atoms with Gasteiger partial charge in [0.1, 0.15) is 0 Å². The van der Waals surface area contributed by atoms with Gasteiger partial charge < -0.3 is 4.57 Å². The Bertz CT molecular complexity index is 668. The molecule has 20 heavy (non-hydrogen) atoms. The van der Waals surface area contributed by atoms with E-state index in [2.05, 4.69) is 49.9 Å². The van der Waals surface area contributed by atoms with E-state index in [-0.39, 0.29) is 5.56 Å². The molecule has 3 heteroatoms. The summed E-state index contributed by atoms with van der Waals surface area (Å²) in [5.41, 5.74) is 4.39. The zero-order valence-electron chi connectivity index (χ0n) is 11.7. The molecule has 0 spiro atoms. The zero-order chi connectivity index (χ0) is 14.1. The Hall–Kier alpha value is -1.48. The maximum atomic E-state index is 12.5. The van der Waals surface area contributed by atoms with Crippen LogP contribution in [0.2, 0.25) is 0 Å². The van der Waals surface area contributed by atoms with E-state index in [1.807, 2.05) is 10.6 Å². The Morgan fingerprint density at radius 3 is 2.40 bits per heavy atom. The van der Waals surface area contributed by atoms with E-state index < -0.39 is 0 Å². The average Bonchev–Trinajstić information content (AvgIpc) is 3.31. The molecule has 104 valence electrons. The fourth-order valence-electron chi connectivity index (χ4n) is 2.56. The number of hydrogen-bond donors (Lipinski definition) is 1. The average molecular weight is 285 g/mol. The van der Waals surface area contributed by atoms with E-state index in [0.29, 0.717) is 11.8 Å². The van der Waals surface area contributed by atoms with Crippen LogP contribution < -0.4 is 5.56 Å². The summed E-state index contributed by atoms with van der Waals surface area (Å²) in [6.45, 7) is 2.15. The quantitative estimate of drug-likeness (QED) is 0.847. The molecule has 0 N–H and O–H groups in total. The van der Waals surface area contributed by atoms with E-state index in [1.165, 1.54) is 5.56 Å². The fourth-order valence-corrected chi connectivity index (χ4v) is 2.80. The Morgan fingerprint density at radius 2 is 1.85 bits per heavy atom. The van der Waals surface area contributed by atoms with Crippen molar-refractivity contribution in [3.8, 4) is 11.3 Å². The second-order valence-electron chi connectivity index (χ2n) is 5.36. The van der Waals surface area contributed by atoms with Crippen LogP contribution in [-0.2, 0) is 12.2 Å². The molecule has 2 aromatic rings. The number of rotatable bonds is 4. The van der Waals surface area contributed by atoms with Crippen molar-refractivity contribution >= 4 is 12.6 Å². The zero-order valence-corrected chi connectivity index (χ0v) is 12.6. The van der Waals surface area contributed by atoms with Gasteiger partial charge in [-0.3, -0.25) is 4.79 Å². The van der Waals surface area contributed by atoms with E-state index in [9.17, 15) is 4.79 Å². The topological polar surface area (TPSA) is 22.0 Å². The monoisotopic (exact) mass is 285 g/mol. The van der Waals surface area contributed by atoms with Crippen LogP contribution in [0.3, 0.4) is 0 Å². The highest BCUT2D eigenvalue weighted by Crippen LogP contribution is 2.37. The van der Waals surface area contributed by atoms with Crippen LogP contribution in [0.4, 0.5) is 0 Å². The minimum Gasteiger partial charge on any atom is -0.305 e. The highest BCUT2D eigenvalue weighted by Gasteiger charge is 2.27. The van der Waals surface area contributed by atoms with Crippen molar-refractivity contribution in [1.82, 2.24) is 4.57 Å². The molecule has 1 aliphatic rings. The molecule has 1 aliphatic carbocycles. The van der Waals surface area contributed by atoms with Gasteiger partial charge in [0.25, 0.3) is 5.56 Å². The van der Waals surface area contributed by atoms with Crippen molar-refractivity contribution < 1.29 is 0 Å². The number of aryl methyl sites for hydroxylation is 1. The number of aromatic nitrogens is 1. The summed E-state index contributed by atoms with van der Waals surface area (Å²) in [5, 5.41) is 0. The first-order valence-corrected chi connectivity index (χ1v) is 7.82. The van der Waals surface area contributed by atoms with E-state index in [1.54, 1.807) is 0 Å². The molecule has 0 unspecified atom stereocenters. The molecule has 0 radical (unpaired) electrons. The molecule has 0 amide bonds. The Kier molecular flexibility index (Phi) is 3.70. The van der Waals surface area contributed by atoms with Gasteiger partial charge in [0.15, 0.2) is 0 Å². The standard InChI is InChI=1S/C17H19NOS/c1-2-12-3-5-13(6-4-12)16-10-7-14(11-20)17(19)18(16)15-8-9-15/h3-7,10,15,20H,2,8-9,11H2,1H3. The number of nitrogens with zero attached hydrogens (tertiary/aromatic N) is 1. The van der Waals surface area contributed by atoms with Crippen molar-refractivity contribution in [1.29, 1.82) is 0 Å². The summed E-state index contributed by atoms with van der Waals surface area (Å²) in [7, 11) is 0. The van der Waals surface area contributed by atoms with Gasteiger partial charge in [-0.05, 0) is 36.5 Å². The van der Waals surface area contributed by atoms with E-state index in [4.69, 9.17) is 0 Å². The van der Waals surface area contributed by atoms with Crippen LogP contribution in [0.25, 0.3) is 11.3 Å². The number of thiol groups is 1. The maximum Gasteiger partial charge on any atom is 0.255 e. The van der Waals surface area contributed by atoms with Gasteiger partial charge in [0, 0.05) is 17.4 Å². The third-order valence-corrected chi connectivity index (χ3v) is 4.28. The molecule has 1 aromatic carbocycles. The fraction of sp³-hybridized carbons (Fsp3) is 0.353. The number of benzene rings is 1. The lowest BCUT2D eigenvalue weighted by molar-refractivity contribution is 0.709. The van der Waals surface area contributed by atoms with Crippen molar-refractivity contribution in [2.45, 2.75) is 38.0 Å². The lowest BCUT2D eigenvalue weighted by Crippen LogP contribution is -2.23. The van der Waals surface area contributed by atoms with Crippen LogP contribution in [0.5, 0.6) is 0 Å². The van der Waals surface area contributed by atoms with Crippen LogP contribution in [0.1, 0.15) is 36.9 Å². The van der Waals surface area contributed by atoms with Crippen LogP contribution >= 0.6 is 12.6 Å². The first-order valence-electron chi connectivity index (χ1n) is 7.19. The van der Waals surface area contributed by atoms with Crippen molar-refractivity contribution in [2.24, 2.45) is 0 Å². The lowest BCUT2D eigenvalue weighted by atomic mass is 10.1. The summed E-state index contributed by atoms with van der Waals surface area (Å²) < 4.78 is 1.96. The molecule has 0 bridgehead atoms. The molecule has 0 aliphatic heterocycles. The molecule has 0 atom stereocenters. The van der Waals surface area contributed by atoms with Crippen molar-refractivity contribution in [3.63, 3.8) is 0 Å². The number of pyridine rings is 1. The normalized spacial score (nSPS) is 14.5. The van der Waals surface area contributed by atoms with Crippen molar-refractivity contribution in [2.75, 3.05) is 0 Å². The molecular formula is C17H19NOS. The summed E-state index contributed by atoms with van der Waals surface area (Å²) in [5.74, 6) is 0.501.